The first-order valence-electron chi connectivity index (χ1n) is 7.09. The lowest BCUT2D eigenvalue weighted by Crippen LogP contribution is -2.15. The van der Waals surface area contributed by atoms with E-state index in [9.17, 15) is 19.7 Å². The first kappa shape index (κ1) is 18.8. The van der Waals surface area contributed by atoms with Crippen LogP contribution in [0.5, 0.6) is 0 Å². The summed E-state index contributed by atoms with van der Waals surface area (Å²) < 4.78 is 0. The summed E-state index contributed by atoms with van der Waals surface area (Å²) in [6.07, 6.45) is 0. The summed E-state index contributed by atoms with van der Waals surface area (Å²) in [5.41, 5.74) is 0.502. The molecule has 0 saturated carbocycles. The van der Waals surface area contributed by atoms with Crippen LogP contribution in [0.15, 0.2) is 47.4 Å². The zero-order valence-corrected chi connectivity index (χ0v) is 14.7. The topological polar surface area (TPSA) is 101 Å². The molecule has 0 unspecified atom stereocenters. The van der Waals surface area contributed by atoms with Crippen LogP contribution in [-0.2, 0) is 9.59 Å². The molecule has 0 aliphatic rings. The van der Waals surface area contributed by atoms with Crippen LogP contribution in [0.2, 0.25) is 5.02 Å². The maximum absolute atomic E-state index is 12.0. The van der Waals surface area contributed by atoms with Crippen molar-refractivity contribution in [3.8, 4) is 0 Å². The summed E-state index contributed by atoms with van der Waals surface area (Å²) in [5, 5.41) is 16.4. The molecule has 0 aliphatic heterocycles. The summed E-state index contributed by atoms with van der Waals surface area (Å²) in [6, 6.07) is 11.0. The van der Waals surface area contributed by atoms with E-state index in [2.05, 4.69) is 10.6 Å². The molecule has 2 aromatic carbocycles. The number of rotatable bonds is 6. The molecule has 9 heteroatoms. The van der Waals surface area contributed by atoms with E-state index in [1.807, 2.05) is 0 Å². The smallest absolute Gasteiger partial charge is 0.292 e. The van der Waals surface area contributed by atoms with E-state index < -0.39 is 4.92 Å². The average Bonchev–Trinajstić information content (AvgIpc) is 2.53. The van der Waals surface area contributed by atoms with Crippen LogP contribution in [0, 0.1) is 10.1 Å². The van der Waals surface area contributed by atoms with Crippen LogP contribution < -0.4 is 10.6 Å². The lowest BCUT2D eigenvalue weighted by atomic mass is 10.2. The maximum atomic E-state index is 12.0. The number of carbonyl (C=O) groups excluding carboxylic acids is 2. The van der Waals surface area contributed by atoms with Crippen molar-refractivity contribution in [2.24, 2.45) is 0 Å². The van der Waals surface area contributed by atoms with Crippen molar-refractivity contribution in [1.82, 2.24) is 0 Å². The Labute approximate surface area is 152 Å². The van der Waals surface area contributed by atoms with Crippen LogP contribution in [-0.4, -0.2) is 22.5 Å². The Morgan fingerprint density at radius 2 is 1.84 bits per heavy atom. The second-order valence-electron chi connectivity index (χ2n) is 4.96. The van der Waals surface area contributed by atoms with E-state index in [0.717, 1.165) is 4.90 Å². The Balaban J connectivity index is 1.96. The highest BCUT2D eigenvalue weighted by atomic mass is 35.5. The predicted molar refractivity (Wildman–Crippen MR) is 98.2 cm³/mol. The zero-order chi connectivity index (χ0) is 18.4. The third-order valence-electron chi connectivity index (χ3n) is 2.97. The van der Waals surface area contributed by atoms with E-state index in [4.69, 9.17) is 11.6 Å². The van der Waals surface area contributed by atoms with Gasteiger partial charge in [0.15, 0.2) is 0 Å². The maximum Gasteiger partial charge on any atom is 0.292 e. The second kappa shape index (κ2) is 8.50. The van der Waals surface area contributed by atoms with E-state index >= 15 is 0 Å². The van der Waals surface area contributed by atoms with Gasteiger partial charge in [-0.2, -0.15) is 0 Å². The first-order chi connectivity index (χ1) is 11.8. The Bertz CT molecular complexity index is 812. The van der Waals surface area contributed by atoms with E-state index in [1.165, 1.54) is 36.9 Å². The van der Waals surface area contributed by atoms with E-state index in [0.29, 0.717) is 10.7 Å². The van der Waals surface area contributed by atoms with Gasteiger partial charge in [-0.15, -0.1) is 11.8 Å². The molecule has 7 nitrogen and oxygen atoms in total. The van der Waals surface area contributed by atoms with Gasteiger partial charge >= 0.3 is 0 Å². The van der Waals surface area contributed by atoms with Gasteiger partial charge in [0.05, 0.1) is 10.7 Å². The van der Waals surface area contributed by atoms with Gasteiger partial charge in [-0.05, 0) is 36.4 Å². The predicted octanol–water partition coefficient (Wildman–Crippen LogP) is 3.94. The van der Waals surface area contributed by atoms with Crippen molar-refractivity contribution < 1.29 is 14.5 Å². The van der Waals surface area contributed by atoms with Crippen molar-refractivity contribution in [3.63, 3.8) is 0 Å². The minimum atomic E-state index is -0.584. The van der Waals surface area contributed by atoms with E-state index in [-0.39, 0.29) is 28.9 Å². The van der Waals surface area contributed by atoms with Crippen LogP contribution in [0.3, 0.4) is 0 Å². The molecule has 2 amide bonds. The Morgan fingerprint density at radius 1 is 1.16 bits per heavy atom. The molecule has 2 aromatic rings. The zero-order valence-electron chi connectivity index (χ0n) is 13.1. The number of carbonyl (C=O) groups is 2. The van der Waals surface area contributed by atoms with Crippen LogP contribution in [0.25, 0.3) is 0 Å². The highest BCUT2D eigenvalue weighted by Crippen LogP contribution is 2.28. The first-order valence-corrected chi connectivity index (χ1v) is 8.46. The van der Waals surface area contributed by atoms with Crippen molar-refractivity contribution in [3.05, 3.63) is 57.6 Å². The highest BCUT2D eigenvalue weighted by Gasteiger charge is 2.16. The molecule has 130 valence electrons. The largest absolute Gasteiger partial charge is 0.326 e. The Kier molecular flexibility index (Phi) is 6.37. The summed E-state index contributed by atoms with van der Waals surface area (Å²) >= 11 is 7.09. The van der Waals surface area contributed by atoms with Gasteiger partial charge in [-0.25, -0.2) is 0 Å². The number of hydrogen-bond acceptors (Lipinski definition) is 5. The van der Waals surface area contributed by atoms with Gasteiger partial charge in [0.25, 0.3) is 5.69 Å². The third kappa shape index (κ3) is 5.77. The van der Waals surface area contributed by atoms with Gasteiger partial charge in [-0.1, -0.05) is 11.6 Å². The molecule has 0 aromatic heterocycles. The second-order valence-corrected chi connectivity index (χ2v) is 6.45. The number of nitro groups is 1. The highest BCUT2D eigenvalue weighted by molar-refractivity contribution is 8.00. The van der Waals surface area contributed by atoms with Gasteiger partial charge in [0, 0.05) is 28.6 Å². The van der Waals surface area contributed by atoms with Crippen molar-refractivity contribution in [2.75, 3.05) is 16.4 Å². The lowest BCUT2D eigenvalue weighted by Gasteiger charge is -2.07. The molecule has 25 heavy (non-hydrogen) atoms. The fraction of sp³-hybridized carbons (Fsp3) is 0.125. The molecule has 0 spiro atoms. The van der Waals surface area contributed by atoms with Crippen molar-refractivity contribution in [1.29, 1.82) is 0 Å². The quantitative estimate of drug-likeness (QED) is 0.449. The van der Waals surface area contributed by atoms with Crippen LogP contribution >= 0.6 is 23.4 Å². The molecule has 0 aliphatic carbocycles. The Morgan fingerprint density at radius 3 is 2.44 bits per heavy atom. The standard InChI is InChI=1S/C16H14ClN3O4S/c1-10(21)18-12-3-5-13(6-4-12)25-9-16(22)19-14-8-11(17)2-7-15(14)20(23)24/h2-8H,9H2,1H3,(H,18,21)(H,19,22). The van der Waals surface area contributed by atoms with Gasteiger partial charge in [0.2, 0.25) is 11.8 Å². The fourth-order valence-electron chi connectivity index (χ4n) is 1.94. The normalized spacial score (nSPS) is 10.2. The third-order valence-corrected chi connectivity index (χ3v) is 4.22. The number of nitrogens with one attached hydrogen (secondary N) is 2. The Hall–Kier alpha value is -2.58. The van der Waals surface area contributed by atoms with Crippen LogP contribution in [0.4, 0.5) is 17.1 Å². The molecule has 2 N–H and O–H groups in total. The molecule has 0 heterocycles. The summed E-state index contributed by atoms with van der Waals surface area (Å²) in [7, 11) is 0. The van der Waals surface area contributed by atoms with Gasteiger partial charge in [0.1, 0.15) is 5.69 Å². The number of thioether (sulfide) groups is 1. The molecule has 0 fully saturated rings. The molecule has 0 radical (unpaired) electrons. The minimum Gasteiger partial charge on any atom is -0.326 e. The fourth-order valence-corrected chi connectivity index (χ4v) is 2.81. The number of halogens is 1. The summed E-state index contributed by atoms with van der Waals surface area (Å²) in [5.74, 6) is -0.479. The SMILES string of the molecule is CC(=O)Nc1ccc(SCC(=O)Nc2cc(Cl)ccc2[N+](=O)[O-])cc1. The number of nitro benzene ring substituents is 1. The molecular formula is C16H14ClN3O4S. The summed E-state index contributed by atoms with van der Waals surface area (Å²) in [6.45, 7) is 1.42. The molecule has 0 atom stereocenters. The van der Waals surface area contributed by atoms with Crippen molar-refractivity contribution in [2.45, 2.75) is 11.8 Å². The van der Waals surface area contributed by atoms with Crippen molar-refractivity contribution >= 4 is 52.2 Å². The van der Waals surface area contributed by atoms with Gasteiger partial charge < -0.3 is 10.6 Å². The number of benzene rings is 2. The summed E-state index contributed by atoms with van der Waals surface area (Å²) in [4.78, 5) is 34.2. The molecule has 0 bridgehead atoms. The van der Waals surface area contributed by atoms with E-state index in [1.54, 1.807) is 24.3 Å². The molecule has 0 saturated heterocycles. The minimum absolute atomic E-state index is 0.0594. The average molecular weight is 380 g/mol. The molecule has 2 rings (SSSR count). The van der Waals surface area contributed by atoms with Crippen LogP contribution in [0.1, 0.15) is 6.92 Å². The molecular weight excluding hydrogens is 366 g/mol. The lowest BCUT2D eigenvalue weighted by molar-refractivity contribution is -0.383. The number of nitrogens with zero attached hydrogens (tertiary/aromatic N) is 1. The number of anilines is 2. The van der Waals surface area contributed by atoms with Gasteiger partial charge in [-0.3, -0.25) is 19.7 Å². The monoisotopic (exact) mass is 379 g/mol. The number of amides is 2. The number of hydrogen-bond donors (Lipinski definition) is 2.